The van der Waals surface area contributed by atoms with Gasteiger partial charge in [0.1, 0.15) is 4.75 Å². The number of amides is 1. The van der Waals surface area contributed by atoms with Crippen molar-refractivity contribution in [2.75, 3.05) is 19.8 Å². The first-order valence-corrected chi connectivity index (χ1v) is 7.90. The molecule has 0 aliphatic rings. The number of carbonyl (C=O) groups is 1. The summed E-state index contributed by atoms with van der Waals surface area (Å²) in [7, 11) is -1.76. The van der Waals surface area contributed by atoms with Crippen LogP contribution >= 0.6 is 15.9 Å². The molecule has 96 valence electrons. The fourth-order valence-corrected chi connectivity index (χ4v) is 1.77. The lowest BCUT2D eigenvalue weighted by Crippen LogP contribution is -2.48. The zero-order chi connectivity index (χ0) is 13.1. The Kier molecular flexibility index (Phi) is 5.46. The Morgan fingerprint density at radius 1 is 1.44 bits per heavy atom. The summed E-state index contributed by atoms with van der Waals surface area (Å²) < 4.78 is 21.6. The van der Waals surface area contributed by atoms with Gasteiger partial charge in [0.25, 0.3) is 0 Å². The predicted molar refractivity (Wildman–Crippen MR) is 69.6 cm³/mol. The van der Waals surface area contributed by atoms with E-state index in [0.717, 1.165) is 12.7 Å². The molecule has 0 aliphatic heterocycles. The highest BCUT2D eigenvalue weighted by atomic mass is 79.9. The molecule has 0 spiro atoms. The number of halogens is 1. The summed E-state index contributed by atoms with van der Waals surface area (Å²) in [5.41, 5.74) is 0. The highest BCUT2D eigenvalue weighted by molar-refractivity contribution is 9.09. The van der Waals surface area contributed by atoms with Crippen LogP contribution in [0.1, 0.15) is 27.2 Å². The molecular weight excluding hydrogens is 294 g/mol. The number of sulfone groups is 1. The minimum atomic E-state index is -3.39. The molecule has 1 amide bonds. The largest absolute Gasteiger partial charge is 0.344 e. The van der Waals surface area contributed by atoms with Crippen molar-refractivity contribution < 1.29 is 13.2 Å². The van der Waals surface area contributed by atoms with Gasteiger partial charge in [0.15, 0.2) is 9.84 Å². The molecule has 1 unspecified atom stereocenters. The van der Waals surface area contributed by atoms with Gasteiger partial charge in [-0.3, -0.25) is 4.79 Å². The van der Waals surface area contributed by atoms with Crippen LogP contribution in [0.5, 0.6) is 0 Å². The summed E-state index contributed by atoms with van der Waals surface area (Å²) in [4.78, 5) is 13.7. The van der Waals surface area contributed by atoms with Gasteiger partial charge in [0.2, 0.25) is 5.91 Å². The van der Waals surface area contributed by atoms with Gasteiger partial charge in [-0.2, -0.15) is 0 Å². The minimum absolute atomic E-state index is 0.309. The van der Waals surface area contributed by atoms with E-state index in [1.807, 2.05) is 6.92 Å². The number of hydrogen-bond acceptors (Lipinski definition) is 3. The van der Waals surface area contributed by atoms with E-state index in [2.05, 4.69) is 15.9 Å². The molecule has 0 aromatic rings. The number of nitrogens with zero attached hydrogens (tertiary/aromatic N) is 1. The standard InChI is InChI=1S/C10H20BrNO3S/c1-8(11)6-7-12(4)9(13)10(2,3)16(5,14)15/h8H,6-7H2,1-5H3. The molecular formula is C10H20BrNO3S. The van der Waals surface area contributed by atoms with Gasteiger partial charge in [-0.05, 0) is 20.3 Å². The summed E-state index contributed by atoms with van der Waals surface area (Å²) in [6, 6.07) is 0. The molecule has 1 atom stereocenters. The normalized spacial score (nSPS) is 14.6. The van der Waals surface area contributed by atoms with Crippen LogP contribution in [0.15, 0.2) is 0 Å². The van der Waals surface area contributed by atoms with Crippen LogP contribution in [-0.2, 0) is 14.6 Å². The van der Waals surface area contributed by atoms with E-state index >= 15 is 0 Å². The van der Waals surface area contributed by atoms with Crippen molar-refractivity contribution in [3.05, 3.63) is 0 Å². The smallest absolute Gasteiger partial charge is 0.243 e. The maximum Gasteiger partial charge on any atom is 0.243 e. The van der Waals surface area contributed by atoms with Crippen molar-refractivity contribution in [2.45, 2.75) is 36.8 Å². The number of alkyl halides is 1. The Labute approximate surface area is 106 Å². The summed E-state index contributed by atoms with van der Waals surface area (Å²) in [5, 5.41) is 0. The number of rotatable bonds is 5. The van der Waals surface area contributed by atoms with Crippen LogP contribution in [0, 0.1) is 0 Å². The van der Waals surface area contributed by atoms with Crippen LogP contribution in [0.3, 0.4) is 0 Å². The topological polar surface area (TPSA) is 54.5 Å². The van der Waals surface area contributed by atoms with Crippen LogP contribution in [-0.4, -0.2) is 48.6 Å². The lowest BCUT2D eigenvalue weighted by Gasteiger charge is -2.28. The van der Waals surface area contributed by atoms with Crippen molar-refractivity contribution in [1.29, 1.82) is 0 Å². The molecule has 0 fully saturated rings. The molecule has 0 heterocycles. The second kappa shape index (κ2) is 5.49. The lowest BCUT2D eigenvalue weighted by atomic mass is 10.1. The Morgan fingerprint density at radius 2 is 1.88 bits per heavy atom. The Morgan fingerprint density at radius 3 is 2.19 bits per heavy atom. The van der Waals surface area contributed by atoms with E-state index in [4.69, 9.17) is 0 Å². The molecule has 16 heavy (non-hydrogen) atoms. The average Bonchev–Trinajstić information content (AvgIpc) is 2.10. The molecule has 0 radical (unpaired) electrons. The molecule has 0 aromatic carbocycles. The first-order valence-electron chi connectivity index (χ1n) is 5.09. The van der Waals surface area contributed by atoms with Crippen molar-refractivity contribution in [3.8, 4) is 0 Å². The van der Waals surface area contributed by atoms with Crippen molar-refractivity contribution in [2.24, 2.45) is 0 Å². The van der Waals surface area contributed by atoms with E-state index in [9.17, 15) is 13.2 Å². The monoisotopic (exact) mass is 313 g/mol. The first-order chi connectivity index (χ1) is 7.00. The van der Waals surface area contributed by atoms with Crippen LogP contribution in [0.4, 0.5) is 0 Å². The Balaban J connectivity index is 4.68. The summed E-state index contributed by atoms with van der Waals surface area (Å²) in [6.07, 6.45) is 1.88. The van der Waals surface area contributed by atoms with Gasteiger partial charge in [-0.1, -0.05) is 22.9 Å². The zero-order valence-electron chi connectivity index (χ0n) is 10.4. The van der Waals surface area contributed by atoms with Crippen LogP contribution in [0.2, 0.25) is 0 Å². The molecule has 0 saturated heterocycles. The van der Waals surface area contributed by atoms with Crippen LogP contribution < -0.4 is 0 Å². The second-order valence-electron chi connectivity index (χ2n) is 4.58. The Hall–Kier alpha value is -0.100. The van der Waals surface area contributed by atoms with Gasteiger partial charge in [0.05, 0.1) is 0 Å². The fraction of sp³-hybridized carbons (Fsp3) is 0.900. The summed E-state index contributed by atoms with van der Waals surface area (Å²) in [5.74, 6) is -0.358. The second-order valence-corrected chi connectivity index (χ2v) is 8.71. The van der Waals surface area contributed by atoms with Gasteiger partial charge < -0.3 is 4.90 Å². The van der Waals surface area contributed by atoms with Crippen molar-refractivity contribution in [3.63, 3.8) is 0 Å². The molecule has 0 N–H and O–H groups in total. The third-order valence-electron chi connectivity index (χ3n) is 2.65. The minimum Gasteiger partial charge on any atom is -0.344 e. The molecule has 6 heteroatoms. The van der Waals surface area contributed by atoms with Crippen molar-refractivity contribution in [1.82, 2.24) is 4.90 Å². The summed E-state index contributed by atoms with van der Waals surface area (Å²) >= 11 is 3.39. The first kappa shape index (κ1) is 15.9. The van der Waals surface area contributed by atoms with Gasteiger partial charge >= 0.3 is 0 Å². The predicted octanol–water partition coefficient (Wildman–Crippen LogP) is 1.44. The van der Waals surface area contributed by atoms with Gasteiger partial charge in [0, 0.05) is 24.7 Å². The van der Waals surface area contributed by atoms with E-state index in [-0.39, 0.29) is 5.91 Å². The molecule has 4 nitrogen and oxygen atoms in total. The summed E-state index contributed by atoms with van der Waals surface area (Å²) in [6.45, 7) is 5.42. The highest BCUT2D eigenvalue weighted by Crippen LogP contribution is 2.18. The van der Waals surface area contributed by atoms with E-state index in [0.29, 0.717) is 11.4 Å². The maximum atomic E-state index is 12.0. The third-order valence-corrected chi connectivity index (χ3v) is 5.14. The van der Waals surface area contributed by atoms with Crippen molar-refractivity contribution >= 4 is 31.7 Å². The van der Waals surface area contributed by atoms with Gasteiger partial charge in [-0.25, -0.2) is 8.42 Å². The van der Waals surface area contributed by atoms with E-state index in [1.165, 1.54) is 18.7 Å². The number of carbonyl (C=O) groups excluding carboxylic acids is 1. The number of hydrogen-bond donors (Lipinski definition) is 0. The fourth-order valence-electron chi connectivity index (χ4n) is 1.09. The van der Waals surface area contributed by atoms with E-state index < -0.39 is 14.6 Å². The highest BCUT2D eigenvalue weighted by Gasteiger charge is 2.40. The molecule has 0 aliphatic carbocycles. The molecule has 0 saturated carbocycles. The lowest BCUT2D eigenvalue weighted by molar-refractivity contribution is -0.131. The molecule has 0 bridgehead atoms. The zero-order valence-corrected chi connectivity index (χ0v) is 12.9. The van der Waals surface area contributed by atoms with E-state index in [1.54, 1.807) is 7.05 Å². The average molecular weight is 314 g/mol. The molecule has 0 aromatic heterocycles. The SMILES string of the molecule is CC(Br)CCN(C)C(=O)C(C)(C)S(C)(=O)=O. The quantitative estimate of drug-likeness (QED) is 0.722. The maximum absolute atomic E-state index is 12.0. The third kappa shape index (κ3) is 4.05. The van der Waals surface area contributed by atoms with Gasteiger partial charge in [-0.15, -0.1) is 0 Å². The van der Waals surface area contributed by atoms with Crippen LogP contribution in [0.25, 0.3) is 0 Å². The molecule has 0 rings (SSSR count). The Bertz CT molecular complexity index is 349.